The maximum atomic E-state index is 13.6. The van der Waals surface area contributed by atoms with Crippen LogP contribution in [-0.4, -0.2) is 22.6 Å². The minimum atomic E-state index is -2.82. The first kappa shape index (κ1) is 18.9. The Hall–Kier alpha value is -3.41. The summed E-state index contributed by atoms with van der Waals surface area (Å²) in [6.45, 7) is 0. The van der Waals surface area contributed by atoms with E-state index in [1.54, 1.807) is 0 Å². The molecule has 1 aliphatic rings. The molecule has 1 N–H and O–H groups in total. The molecule has 6 heteroatoms. The van der Waals surface area contributed by atoms with E-state index in [0.29, 0.717) is 5.71 Å². The van der Waals surface area contributed by atoms with Crippen LogP contribution in [0.25, 0.3) is 0 Å². The molecular formula is C23H19F2N3O. The van der Waals surface area contributed by atoms with E-state index < -0.39 is 17.9 Å². The third-order valence-corrected chi connectivity index (χ3v) is 4.60. The zero-order valence-corrected chi connectivity index (χ0v) is 15.6. The number of carbonyl (C=O) groups excluding carboxylic acids is 1. The SMILES string of the molecule is O=C(NC1CC1)c1ncc(N=C(c2ccccc2)c2ccccc2)cc1C(F)F. The number of aromatic nitrogens is 1. The first-order valence-corrected chi connectivity index (χ1v) is 9.40. The normalized spacial score (nSPS) is 13.2. The number of benzene rings is 2. The number of alkyl halides is 2. The molecule has 1 amide bonds. The number of hydrogen-bond acceptors (Lipinski definition) is 3. The molecule has 2 aromatic carbocycles. The molecule has 0 spiro atoms. The van der Waals surface area contributed by atoms with Crippen LogP contribution in [0.3, 0.4) is 0 Å². The predicted octanol–water partition coefficient (Wildman–Crippen LogP) is 5.08. The van der Waals surface area contributed by atoms with Gasteiger partial charge in [0.15, 0.2) is 0 Å². The third-order valence-electron chi connectivity index (χ3n) is 4.60. The number of nitrogens with zero attached hydrogens (tertiary/aromatic N) is 2. The van der Waals surface area contributed by atoms with Crippen LogP contribution in [0.15, 0.2) is 77.9 Å². The molecule has 1 aromatic heterocycles. The Balaban J connectivity index is 1.76. The summed E-state index contributed by atoms with van der Waals surface area (Å²) in [5.74, 6) is -0.565. The van der Waals surface area contributed by atoms with Crippen molar-refractivity contribution in [3.63, 3.8) is 0 Å². The molecule has 4 rings (SSSR count). The lowest BCUT2D eigenvalue weighted by Gasteiger charge is -2.11. The highest BCUT2D eigenvalue weighted by molar-refractivity contribution is 6.14. The fourth-order valence-electron chi connectivity index (χ4n) is 2.99. The molecule has 146 valence electrons. The number of halogens is 2. The highest BCUT2D eigenvalue weighted by Gasteiger charge is 2.27. The van der Waals surface area contributed by atoms with Gasteiger partial charge in [-0.2, -0.15) is 0 Å². The molecule has 1 heterocycles. The van der Waals surface area contributed by atoms with Gasteiger partial charge in [0.2, 0.25) is 0 Å². The van der Waals surface area contributed by atoms with E-state index in [9.17, 15) is 13.6 Å². The summed E-state index contributed by atoms with van der Waals surface area (Å²) in [6.07, 6.45) is 0.278. The van der Waals surface area contributed by atoms with Crippen molar-refractivity contribution < 1.29 is 13.6 Å². The molecule has 1 fully saturated rings. The lowest BCUT2D eigenvalue weighted by atomic mass is 10.0. The molecule has 0 atom stereocenters. The van der Waals surface area contributed by atoms with Gasteiger partial charge in [0.25, 0.3) is 12.3 Å². The van der Waals surface area contributed by atoms with Crippen LogP contribution in [0.1, 0.15) is 46.4 Å². The van der Waals surface area contributed by atoms with Gasteiger partial charge in [0.1, 0.15) is 5.69 Å². The molecule has 29 heavy (non-hydrogen) atoms. The fourth-order valence-corrected chi connectivity index (χ4v) is 2.99. The Kier molecular flexibility index (Phi) is 5.42. The molecule has 4 nitrogen and oxygen atoms in total. The van der Waals surface area contributed by atoms with E-state index in [4.69, 9.17) is 0 Å². The minimum Gasteiger partial charge on any atom is -0.348 e. The van der Waals surface area contributed by atoms with Gasteiger partial charge in [-0.15, -0.1) is 0 Å². The lowest BCUT2D eigenvalue weighted by Crippen LogP contribution is -2.27. The second kappa shape index (κ2) is 8.31. The number of hydrogen-bond donors (Lipinski definition) is 1. The van der Waals surface area contributed by atoms with E-state index in [1.165, 1.54) is 12.3 Å². The van der Waals surface area contributed by atoms with Crippen molar-refractivity contribution in [2.75, 3.05) is 0 Å². The first-order valence-electron chi connectivity index (χ1n) is 9.40. The van der Waals surface area contributed by atoms with Crippen molar-refractivity contribution in [3.8, 4) is 0 Å². The third kappa shape index (κ3) is 4.54. The van der Waals surface area contributed by atoms with Gasteiger partial charge in [-0.3, -0.25) is 4.79 Å². The molecule has 0 saturated heterocycles. The van der Waals surface area contributed by atoms with Crippen molar-refractivity contribution in [3.05, 3.63) is 95.3 Å². The molecule has 0 radical (unpaired) electrons. The highest BCUT2D eigenvalue weighted by atomic mass is 19.3. The second-order valence-electron chi connectivity index (χ2n) is 6.87. The monoisotopic (exact) mass is 391 g/mol. The summed E-state index contributed by atoms with van der Waals surface area (Å²) in [5, 5.41) is 2.71. The molecular weight excluding hydrogens is 372 g/mol. The van der Waals surface area contributed by atoms with Crippen LogP contribution in [-0.2, 0) is 0 Å². The van der Waals surface area contributed by atoms with Gasteiger partial charge in [0.05, 0.1) is 23.2 Å². The molecule has 3 aromatic rings. The Morgan fingerprint density at radius 2 is 1.59 bits per heavy atom. The quantitative estimate of drug-likeness (QED) is 0.596. The zero-order valence-electron chi connectivity index (χ0n) is 15.6. The van der Waals surface area contributed by atoms with Crippen LogP contribution < -0.4 is 5.32 Å². The average molecular weight is 391 g/mol. The van der Waals surface area contributed by atoms with Crippen LogP contribution in [0.2, 0.25) is 0 Å². The number of nitrogens with one attached hydrogen (secondary N) is 1. The molecule has 0 aliphatic heterocycles. The molecule has 1 saturated carbocycles. The van der Waals surface area contributed by atoms with Gasteiger partial charge in [-0.1, -0.05) is 60.7 Å². The largest absolute Gasteiger partial charge is 0.348 e. The van der Waals surface area contributed by atoms with Gasteiger partial charge >= 0.3 is 0 Å². The number of carbonyl (C=O) groups is 1. The summed E-state index contributed by atoms with van der Waals surface area (Å²) in [4.78, 5) is 20.9. The lowest BCUT2D eigenvalue weighted by molar-refractivity contribution is 0.0931. The average Bonchev–Trinajstić information content (AvgIpc) is 3.57. The summed E-state index contributed by atoms with van der Waals surface area (Å²) in [6, 6.07) is 20.3. The number of aliphatic imine (C=N–C) groups is 1. The Labute approximate surface area is 167 Å². The van der Waals surface area contributed by atoms with Gasteiger partial charge in [0, 0.05) is 17.2 Å². The maximum absolute atomic E-state index is 13.6. The first-order chi connectivity index (χ1) is 14.1. The van der Waals surface area contributed by atoms with Gasteiger partial charge < -0.3 is 5.32 Å². The summed E-state index contributed by atoms with van der Waals surface area (Å²) < 4.78 is 27.3. The Morgan fingerprint density at radius 1 is 1.00 bits per heavy atom. The van der Waals surface area contributed by atoms with Gasteiger partial charge in [-0.05, 0) is 18.9 Å². The van der Waals surface area contributed by atoms with Crippen molar-refractivity contribution in [1.29, 1.82) is 0 Å². The van der Waals surface area contributed by atoms with E-state index in [1.807, 2.05) is 60.7 Å². The molecule has 0 bridgehead atoms. The smallest absolute Gasteiger partial charge is 0.270 e. The standard InChI is InChI=1S/C23H19F2N3O/c24-22(25)19-13-18(14-26-21(19)23(29)28-17-11-12-17)27-20(15-7-3-1-4-8-15)16-9-5-2-6-10-16/h1-10,13-14,17,22H,11-12H2,(H,28,29). The second-order valence-corrected chi connectivity index (χ2v) is 6.87. The Morgan fingerprint density at radius 3 is 2.10 bits per heavy atom. The van der Waals surface area contributed by atoms with Crippen molar-refractivity contribution >= 4 is 17.3 Å². The van der Waals surface area contributed by atoms with E-state index in [-0.39, 0.29) is 17.4 Å². The zero-order chi connectivity index (χ0) is 20.2. The molecule has 0 unspecified atom stereocenters. The topological polar surface area (TPSA) is 54.4 Å². The van der Waals surface area contributed by atoms with Crippen LogP contribution in [0, 0.1) is 0 Å². The summed E-state index contributed by atoms with van der Waals surface area (Å²) in [5.41, 5.74) is 1.96. The maximum Gasteiger partial charge on any atom is 0.270 e. The molecule has 1 aliphatic carbocycles. The van der Waals surface area contributed by atoms with E-state index in [0.717, 1.165) is 24.0 Å². The van der Waals surface area contributed by atoms with Crippen molar-refractivity contribution in [1.82, 2.24) is 10.3 Å². The van der Waals surface area contributed by atoms with Crippen molar-refractivity contribution in [2.24, 2.45) is 4.99 Å². The van der Waals surface area contributed by atoms with Gasteiger partial charge in [-0.25, -0.2) is 18.8 Å². The van der Waals surface area contributed by atoms with Crippen LogP contribution in [0.4, 0.5) is 14.5 Å². The minimum absolute atomic E-state index is 0.0651. The van der Waals surface area contributed by atoms with Crippen LogP contribution in [0.5, 0.6) is 0 Å². The highest BCUT2D eigenvalue weighted by Crippen LogP contribution is 2.28. The van der Waals surface area contributed by atoms with Crippen LogP contribution >= 0.6 is 0 Å². The number of amides is 1. The van der Waals surface area contributed by atoms with E-state index >= 15 is 0 Å². The fraction of sp³-hybridized carbons (Fsp3) is 0.174. The number of pyridine rings is 1. The summed E-state index contributed by atoms with van der Waals surface area (Å²) in [7, 11) is 0. The van der Waals surface area contributed by atoms with Crippen molar-refractivity contribution in [2.45, 2.75) is 25.3 Å². The Bertz CT molecular complexity index is 991. The summed E-state index contributed by atoms with van der Waals surface area (Å²) >= 11 is 0. The van der Waals surface area contributed by atoms with E-state index in [2.05, 4.69) is 15.3 Å². The predicted molar refractivity (Wildman–Crippen MR) is 108 cm³/mol. The number of rotatable bonds is 6.